The van der Waals surface area contributed by atoms with Crippen LogP contribution in [-0.4, -0.2) is 10.8 Å². The van der Waals surface area contributed by atoms with Crippen molar-refractivity contribution < 1.29 is 18.0 Å². The molecule has 0 amide bonds. The lowest BCUT2D eigenvalue weighted by atomic mass is 10.1. The van der Waals surface area contributed by atoms with Gasteiger partial charge in [-0.25, -0.2) is 4.98 Å². The maximum atomic E-state index is 12.3. The van der Waals surface area contributed by atoms with E-state index in [0.717, 1.165) is 12.1 Å². The maximum Gasteiger partial charge on any atom is 0.416 e. The van der Waals surface area contributed by atoms with Crippen LogP contribution in [0, 0.1) is 0 Å². The van der Waals surface area contributed by atoms with Gasteiger partial charge in [0.1, 0.15) is 5.01 Å². The number of benzene rings is 1. The molecule has 0 N–H and O–H groups in total. The zero-order valence-electron chi connectivity index (χ0n) is 9.07. The molecular formula is C12H8F3NOS. The quantitative estimate of drug-likeness (QED) is 0.798. The Morgan fingerprint density at radius 3 is 2.39 bits per heavy atom. The Kier molecular flexibility index (Phi) is 3.47. The second-order valence-corrected chi connectivity index (χ2v) is 4.58. The van der Waals surface area contributed by atoms with E-state index in [1.165, 1.54) is 23.5 Å². The first kappa shape index (κ1) is 12.8. The highest BCUT2D eigenvalue weighted by molar-refractivity contribution is 7.09. The summed E-state index contributed by atoms with van der Waals surface area (Å²) in [5.41, 5.74) is -0.494. The highest BCUT2D eigenvalue weighted by Crippen LogP contribution is 2.29. The summed E-state index contributed by atoms with van der Waals surface area (Å²) in [6, 6.07) is 4.21. The molecule has 0 atom stereocenters. The van der Waals surface area contributed by atoms with Gasteiger partial charge < -0.3 is 0 Å². The summed E-state index contributed by atoms with van der Waals surface area (Å²) >= 11 is 1.34. The Morgan fingerprint density at radius 2 is 1.89 bits per heavy atom. The van der Waals surface area contributed by atoms with Crippen molar-refractivity contribution in [3.05, 3.63) is 52.0 Å². The van der Waals surface area contributed by atoms with Gasteiger partial charge in [0, 0.05) is 17.1 Å². The summed E-state index contributed by atoms with van der Waals surface area (Å²) in [6.07, 6.45) is -2.68. The van der Waals surface area contributed by atoms with Gasteiger partial charge in [-0.1, -0.05) is 12.1 Å². The summed E-state index contributed by atoms with van der Waals surface area (Å²) in [5, 5.41) is 2.40. The van der Waals surface area contributed by atoms with E-state index in [1.54, 1.807) is 11.6 Å². The van der Waals surface area contributed by atoms with Crippen molar-refractivity contribution in [2.75, 3.05) is 0 Å². The first-order valence-corrected chi connectivity index (χ1v) is 5.93. The number of nitrogens with zero attached hydrogens (tertiary/aromatic N) is 1. The standard InChI is InChI=1S/C12H8F3NOS/c13-12(14,15)9-3-1-8(2-4-9)10(17)7-11-16-5-6-18-11/h1-6H,7H2. The summed E-state index contributed by atoms with van der Waals surface area (Å²) in [4.78, 5) is 15.7. The molecule has 2 aromatic rings. The molecule has 0 aliphatic heterocycles. The highest BCUT2D eigenvalue weighted by Gasteiger charge is 2.30. The number of Topliss-reactive ketones (excluding diaryl/α,β-unsaturated/α-hetero) is 1. The molecular weight excluding hydrogens is 263 g/mol. The second kappa shape index (κ2) is 4.89. The van der Waals surface area contributed by atoms with Crippen LogP contribution in [0.2, 0.25) is 0 Å². The van der Waals surface area contributed by atoms with E-state index in [0.29, 0.717) is 5.01 Å². The maximum absolute atomic E-state index is 12.3. The monoisotopic (exact) mass is 271 g/mol. The Hall–Kier alpha value is -1.69. The normalized spacial score (nSPS) is 11.5. The number of thiazole rings is 1. The van der Waals surface area contributed by atoms with Crippen LogP contribution in [0.3, 0.4) is 0 Å². The van der Waals surface area contributed by atoms with Gasteiger partial charge in [-0.15, -0.1) is 11.3 Å². The smallest absolute Gasteiger partial charge is 0.294 e. The van der Waals surface area contributed by atoms with Crippen molar-refractivity contribution in [2.45, 2.75) is 12.6 Å². The van der Waals surface area contributed by atoms with Gasteiger partial charge in [0.25, 0.3) is 0 Å². The molecule has 0 fully saturated rings. The third kappa shape index (κ3) is 2.95. The summed E-state index contributed by atoms with van der Waals surface area (Å²) in [7, 11) is 0. The molecule has 0 unspecified atom stereocenters. The van der Waals surface area contributed by atoms with Crippen molar-refractivity contribution in [2.24, 2.45) is 0 Å². The highest BCUT2D eigenvalue weighted by atomic mass is 32.1. The van der Waals surface area contributed by atoms with Crippen LogP contribution in [0.25, 0.3) is 0 Å². The number of ketones is 1. The number of carbonyl (C=O) groups excluding carboxylic acids is 1. The average Bonchev–Trinajstić information content (AvgIpc) is 2.81. The first-order chi connectivity index (χ1) is 8.47. The van der Waals surface area contributed by atoms with E-state index < -0.39 is 11.7 Å². The van der Waals surface area contributed by atoms with Crippen LogP contribution in [-0.2, 0) is 12.6 Å². The summed E-state index contributed by atoms with van der Waals surface area (Å²) in [5.74, 6) is -0.237. The van der Waals surface area contributed by atoms with Gasteiger partial charge >= 0.3 is 6.18 Å². The van der Waals surface area contributed by atoms with Gasteiger partial charge in [0.2, 0.25) is 0 Å². The van der Waals surface area contributed by atoms with E-state index in [9.17, 15) is 18.0 Å². The van der Waals surface area contributed by atoms with E-state index in [4.69, 9.17) is 0 Å². The van der Waals surface area contributed by atoms with Crippen molar-refractivity contribution in [1.29, 1.82) is 0 Å². The molecule has 1 aromatic heterocycles. The molecule has 0 aliphatic rings. The van der Waals surface area contributed by atoms with Crippen LogP contribution in [0.1, 0.15) is 20.9 Å². The molecule has 2 rings (SSSR count). The zero-order chi connectivity index (χ0) is 13.2. The number of rotatable bonds is 3. The Bertz CT molecular complexity index is 531. The molecule has 0 aliphatic carbocycles. The van der Waals surface area contributed by atoms with Crippen LogP contribution >= 0.6 is 11.3 Å². The first-order valence-electron chi connectivity index (χ1n) is 5.05. The number of carbonyl (C=O) groups is 1. The minimum Gasteiger partial charge on any atom is -0.294 e. The predicted molar refractivity (Wildman–Crippen MR) is 61.6 cm³/mol. The van der Waals surface area contributed by atoms with Crippen molar-refractivity contribution in [3.8, 4) is 0 Å². The van der Waals surface area contributed by atoms with Gasteiger partial charge in [0.05, 0.1) is 12.0 Å². The molecule has 0 radical (unpaired) electrons. The Morgan fingerprint density at radius 1 is 1.22 bits per heavy atom. The number of hydrogen-bond donors (Lipinski definition) is 0. The second-order valence-electron chi connectivity index (χ2n) is 3.60. The van der Waals surface area contributed by atoms with E-state index in [-0.39, 0.29) is 17.8 Å². The molecule has 0 saturated heterocycles. The van der Waals surface area contributed by atoms with E-state index >= 15 is 0 Å². The molecule has 1 heterocycles. The molecule has 0 bridgehead atoms. The lowest BCUT2D eigenvalue weighted by Crippen LogP contribution is -2.07. The minimum absolute atomic E-state index is 0.114. The fourth-order valence-electron chi connectivity index (χ4n) is 1.42. The molecule has 18 heavy (non-hydrogen) atoms. The van der Waals surface area contributed by atoms with Gasteiger partial charge in [0.15, 0.2) is 5.78 Å². The fourth-order valence-corrected chi connectivity index (χ4v) is 2.04. The van der Waals surface area contributed by atoms with Gasteiger partial charge in [-0.2, -0.15) is 13.2 Å². The van der Waals surface area contributed by atoms with Crippen molar-refractivity contribution in [1.82, 2.24) is 4.98 Å². The zero-order valence-corrected chi connectivity index (χ0v) is 9.89. The number of hydrogen-bond acceptors (Lipinski definition) is 3. The van der Waals surface area contributed by atoms with Crippen LogP contribution in [0.15, 0.2) is 35.8 Å². The van der Waals surface area contributed by atoms with Crippen LogP contribution < -0.4 is 0 Å². The Labute approximate surface area is 105 Å². The van der Waals surface area contributed by atoms with E-state index in [2.05, 4.69) is 4.98 Å². The third-order valence-corrected chi connectivity index (χ3v) is 3.11. The average molecular weight is 271 g/mol. The topological polar surface area (TPSA) is 30.0 Å². The third-order valence-electron chi connectivity index (χ3n) is 2.33. The van der Waals surface area contributed by atoms with Crippen LogP contribution in [0.5, 0.6) is 0 Å². The van der Waals surface area contributed by atoms with Gasteiger partial charge in [-0.05, 0) is 12.1 Å². The number of halogens is 3. The van der Waals surface area contributed by atoms with Crippen molar-refractivity contribution >= 4 is 17.1 Å². The predicted octanol–water partition coefficient (Wildman–Crippen LogP) is 3.59. The molecule has 6 heteroatoms. The molecule has 0 saturated carbocycles. The SMILES string of the molecule is O=C(Cc1nccs1)c1ccc(C(F)(F)F)cc1. The molecule has 2 nitrogen and oxygen atoms in total. The molecule has 1 aromatic carbocycles. The molecule has 94 valence electrons. The lowest BCUT2D eigenvalue weighted by Gasteiger charge is -2.06. The fraction of sp³-hybridized carbons (Fsp3) is 0.167. The Balaban J connectivity index is 2.12. The molecule has 0 spiro atoms. The van der Waals surface area contributed by atoms with Crippen molar-refractivity contribution in [3.63, 3.8) is 0 Å². The van der Waals surface area contributed by atoms with E-state index in [1.807, 2.05) is 0 Å². The van der Waals surface area contributed by atoms with Crippen LogP contribution in [0.4, 0.5) is 13.2 Å². The van der Waals surface area contributed by atoms with Gasteiger partial charge in [-0.3, -0.25) is 4.79 Å². The largest absolute Gasteiger partial charge is 0.416 e. The summed E-state index contributed by atoms with van der Waals surface area (Å²) in [6.45, 7) is 0. The summed E-state index contributed by atoms with van der Waals surface area (Å²) < 4.78 is 37.0. The minimum atomic E-state index is -4.38. The lowest BCUT2D eigenvalue weighted by molar-refractivity contribution is -0.137. The number of aromatic nitrogens is 1. The number of alkyl halides is 3.